The van der Waals surface area contributed by atoms with E-state index in [1.165, 1.54) is 19.3 Å². The topological polar surface area (TPSA) is 20.3 Å². The van der Waals surface area contributed by atoms with Crippen molar-refractivity contribution in [1.82, 2.24) is 4.90 Å². The van der Waals surface area contributed by atoms with Gasteiger partial charge in [0.2, 0.25) is 0 Å². The molecule has 74 valence electrons. The van der Waals surface area contributed by atoms with E-state index in [1.807, 2.05) is 0 Å². The average Bonchev–Trinajstić information content (AvgIpc) is 2.42. The van der Waals surface area contributed by atoms with Crippen LogP contribution in [0, 0.1) is 17.8 Å². The van der Waals surface area contributed by atoms with Crippen LogP contribution in [-0.4, -0.2) is 31.3 Å². The molecule has 2 heteroatoms. The number of rotatable bonds is 2. The van der Waals surface area contributed by atoms with Gasteiger partial charge in [-0.3, -0.25) is 4.79 Å². The van der Waals surface area contributed by atoms with Crippen molar-refractivity contribution in [1.29, 1.82) is 0 Å². The van der Waals surface area contributed by atoms with Gasteiger partial charge in [-0.1, -0.05) is 0 Å². The normalized spacial score (nSPS) is 38.7. The Morgan fingerprint density at radius 1 is 1.38 bits per heavy atom. The maximum absolute atomic E-state index is 11.8. The summed E-state index contributed by atoms with van der Waals surface area (Å²) >= 11 is 0. The molecule has 2 rings (SSSR count). The molecule has 1 unspecified atom stereocenters. The maximum Gasteiger partial charge on any atom is 0.137 e. The summed E-state index contributed by atoms with van der Waals surface area (Å²) in [6.07, 6.45) is 4.80. The summed E-state index contributed by atoms with van der Waals surface area (Å²) in [6.45, 7) is 0.968. The molecular weight excluding hydrogens is 162 g/mol. The second kappa shape index (κ2) is 3.41. The monoisotopic (exact) mass is 181 g/mol. The van der Waals surface area contributed by atoms with Crippen LogP contribution < -0.4 is 0 Å². The van der Waals surface area contributed by atoms with Crippen LogP contribution in [0.15, 0.2) is 0 Å². The number of ketones is 1. The predicted octanol–water partition coefficient (Wildman–Crippen LogP) is 1.55. The zero-order valence-corrected chi connectivity index (χ0v) is 8.62. The summed E-state index contributed by atoms with van der Waals surface area (Å²) in [5, 5.41) is 0. The van der Waals surface area contributed by atoms with Crippen LogP contribution in [0.4, 0.5) is 0 Å². The Hall–Kier alpha value is -0.370. The highest BCUT2D eigenvalue weighted by molar-refractivity contribution is 5.82. The molecule has 0 aromatic rings. The highest BCUT2D eigenvalue weighted by atomic mass is 16.1. The van der Waals surface area contributed by atoms with Crippen LogP contribution in [-0.2, 0) is 4.79 Å². The first-order valence-corrected chi connectivity index (χ1v) is 5.34. The van der Waals surface area contributed by atoms with Gasteiger partial charge >= 0.3 is 0 Å². The van der Waals surface area contributed by atoms with E-state index < -0.39 is 0 Å². The summed E-state index contributed by atoms with van der Waals surface area (Å²) in [5.41, 5.74) is 0. The van der Waals surface area contributed by atoms with Gasteiger partial charge in [0.1, 0.15) is 5.78 Å². The minimum atomic E-state index is 0.355. The van der Waals surface area contributed by atoms with Gasteiger partial charge in [-0.2, -0.15) is 0 Å². The fourth-order valence-electron chi connectivity index (χ4n) is 3.01. The van der Waals surface area contributed by atoms with E-state index in [4.69, 9.17) is 0 Å². The van der Waals surface area contributed by atoms with Crippen LogP contribution in [0.1, 0.15) is 25.7 Å². The average molecular weight is 181 g/mol. The molecule has 0 heterocycles. The Morgan fingerprint density at radius 3 is 2.85 bits per heavy atom. The fourth-order valence-corrected chi connectivity index (χ4v) is 3.01. The number of hydrogen-bond donors (Lipinski definition) is 0. The van der Waals surface area contributed by atoms with Crippen molar-refractivity contribution in [3.63, 3.8) is 0 Å². The third-order valence-corrected chi connectivity index (χ3v) is 3.62. The summed E-state index contributed by atoms with van der Waals surface area (Å²) in [6, 6.07) is 0. The van der Waals surface area contributed by atoms with E-state index in [-0.39, 0.29) is 0 Å². The lowest BCUT2D eigenvalue weighted by molar-refractivity contribution is -0.127. The van der Waals surface area contributed by atoms with E-state index >= 15 is 0 Å². The quantitative estimate of drug-likeness (QED) is 0.644. The molecule has 0 amide bonds. The van der Waals surface area contributed by atoms with Crippen molar-refractivity contribution >= 4 is 5.78 Å². The van der Waals surface area contributed by atoms with Crippen LogP contribution in [0.2, 0.25) is 0 Å². The lowest BCUT2D eigenvalue weighted by Gasteiger charge is -2.29. The molecule has 0 aliphatic heterocycles. The van der Waals surface area contributed by atoms with Gasteiger partial charge in [-0.05, 0) is 45.2 Å². The fraction of sp³-hybridized carbons (Fsp3) is 0.909. The molecule has 0 radical (unpaired) electrons. The molecule has 0 spiro atoms. The van der Waals surface area contributed by atoms with Gasteiger partial charge < -0.3 is 4.90 Å². The number of nitrogens with zero attached hydrogens (tertiary/aromatic N) is 1. The largest absolute Gasteiger partial charge is 0.309 e. The Labute approximate surface area is 80.3 Å². The van der Waals surface area contributed by atoms with E-state index in [2.05, 4.69) is 19.0 Å². The molecule has 0 N–H and O–H groups in total. The molecule has 2 aliphatic carbocycles. The minimum Gasteiger partial charge on any atom is -0.309 e. The third kappa shape index (κ3) is 1.78. The Morgan fingerprint density at radius 2 is 2.15 bits per heavy atom. The van der Waals surface area contributed by atoms with E-state index in [9.17, 15) is 4.79 Å². The van der Waals surface area contributed by atoms with Crippen molar-refractivity contribution in [2.24, 2.45) is 17.8 Å². The molecule has 13 heavy (non-hydrogen) atoms. The molecule has 2 fully saturated rings. The van der Waals surface area contributed by atoms with Crippen molar-refractivity contribution in [3.05, 3.63) is 0 Å². The van der Waals surface area contributed by atoms with Crippen LogP contribution in [0.5, 0.6) is 0 Å². The van der Waals surface area contributed by atoms with Crippen molar-refractivity contribution in [2.45, 2.75) is 25.7 Å². The lowest BCUT2D eigenvalue weighted by atomic mass is 9.79. The van der Waals surface area contributed by atoms with Crippen LogP contribution in [0.3, 0.4) is 0 Å². The lowest BCUT2D eigenvalue weighted by Crippen LogP contribution is -2.35. The summed E-state index contributed by atoms with van der Waals surface area (Å²) < 4.78 is 0. The highest BCUT2D eigenvalue weighted by Crippen LogP contribution is 2.43. The first-order chi connectivity index (χ1) is 6.16. The standard InChI is InChI=1S/C11H19NO/c1-12(2)7-10-9-4-3-8(5-9)6-11(10)13/h8-10H,3-7H2,1-2H3/t8-,9+,10?/m1/s1. The van der Waals surface area contributed by atoms with E-state index in [0.717, 1.165) is 18.9 Å². The SMILES string of the molecule is CN(C)CC1C(=O)C[C@@H]2CC[C@H]1C2. The summed E-state index contributed by atoms with van der Waals surface area (Å²) in [7, 11) is 4.13. The molecule has 0 aromatic heterocycles. The second-order valence-corrected chi connectivity index (χ2v) is 4.98. The molecule has 2 aliphatic rings. The van der Waals surface area contributed by atoms with Crippen LogP contribution in [0.25, 0.3) is 0 Å². The summed E-state index contributed by atoms with van der Waals surface area (Å²) in [5.74, 6) is 2.35. The van der Waals surface area contributed by atoms with E-state index in [0.29, 0.717) is 17.6 Å². The Kier molecular flexibility index (Phi) is 2.41. The second-order valence-electron chi connectivity index (χ2n) is 4.98. The van der Waals surface area contributed by atoms with Gasteiger partial charge in [0.25, 0.3) is 0 Å². The van der Waals surface area contributed by atoms with Gasteiger partial charge in [-0.15, -0.1) is 0 Å². The number of fused-ring (bicyclic) bond motifs is 2. The Bertz CT molecular complexity index is 212. The smallest absolute Gasteiger partial charge is 0.137 e. The molecule has 2 nitrogen and oxygen atoms in total. The molecule has 2 bridgehead atoms. The minimum absolute atomic E-state index is 0.355. The summed E-state index contributed by atoms with van der Waals surface area (Å²) in [4.78, 5) is 13.9. The first kappa shape index (κ1) is 9.20. The Balaban J connectivity index is 2.03. The van der Waals surface area contributed by atoms with Crippen molar-refractivity contribution in [2.75, 3.05) is 20.6 Å². The predicted molar refractivity (Wildman–Crippen MR) is 52.5 cm³/mol. The molecule has 0 saturated heterocycles. The van der Waals surface area contributed by atoms with Gasteiger partial charge in [-0.25, -0.2) is 0 Å². The van der Waals surface area contributed by atoms with Gasteiger partial charge in [0.15, 0.2) is 0 Å². The zero-order valence-electron chi connectivity index (χ0n) is 8.62. The molecule has 0 aromatic carbocycles. The number of Topliss-reactive ketones (excluding diaryl/α,β-unsaturated/α-hetero) is 1. The van der Waals surface area contributed by atoms with Gasteiger partial charge in [0.05, 0.1) is 0 Å². The number of carbonyl (C=O) groups excluding carboxylic acids is 1. The van der Waals surface area contributed by atoms with Crippen molar-refractivity contribution in [3.8, 4) is 0 Å². The van der Waals surface area contributed by atoms with E-state index in [1.54, 1.807) is 0 Å². The van der Waals surface area contributed by atoms with Crippen LogP contribution >= 0.6 is 0 Å². The zero-order chi connectivity index (χ0) is 9.42. The number of hydrogen-bond acceptors (Lipinski definition) is 2. The molecule has 2 saturated carbocycles. The highest BCUT2D eigenvalue weighted by Gasteiger charge is 2.40. The molecule has 3 atom stereocenters. The first-order valence-electron chi connectivity index (χ1n) is 5.34. The maximum atomic E-state index is 11.8. The number of carbonyl (C=O) groups is 1. The molecular formula is C11H19NO. The van der Waals surface area contributed by atoms with Gasteiger partial charge in [0, 0.05) is 18.9 Å². The van der Waals surface area contributed by atoms with Crippen molar-refractivity contribution < 1.29 is 4.79 Å². The third-order valence-electron chi connectivity index (χ3n) is 3.62.